The molecule has 0 unspecified atom stereocenters. The van der Waals surface area contributed by atoms with Crippen molar-refractivity contribution in [2.45, 2.75) is 30.8 Å². The number of carboxylic acid groups (broad SMARTS) is 1. The summed E-state index contributed by atoms with van der Waals surface area (Å²) in [6, 6.07) is 14.6. The molecule has 2 atom stereocenters. The Morgan fingerprint density at radius 3 is 2.53 bits per heavy atom. The molecule has 2 rings (SSSR count). The fourth-order valence-corrected chi connectivity index (χ4v) is 3.53. The number of thioether (sulfide) groups is 1. The van der Waals surface area contributed by atoms with E-state index in [4.69, 9.17) is 19.7 Å². The molecule has 0 heterocycles. The molecule has 2 aromatic carbocycles. The Labute approximate surface area is 192 Å². The maximum atomic E-state index is 12.7. The number of ether oxygens (including phenoxy) is 2. The van der Waals surface area contributed by atoms with Gasteiger partial charge in [-0.25, -0.2) is 9.59 Å². The standard InChI is InChI=1S/C24H29NO6S/c1-17(7-3-6-10-22(27)28)23(20-8-4-5-9-21(20)30-16-15-26)31-24(29)25-18-11-13-19(32-2)14-12-18/h4-6,8-14,17,23,26H,3,7,15-16H2,1-2H3,(H,25,29)(H,27,28)/b10-6+/t17-,23-/m0/s1. The summed E-state index contributed by atoms with van der Waals surface area (Å²) < 4.78 is 11.5. The number of aliphatic hydroxyl groups is 1. The van der Waals surface area contributed by atoms with Crippen molar-refractivity contribution in [3.05, 3.63) is 66.2 Å². The zero-order valence-corrected chi connectivity index (χ0v) is 19.0. The monoisotopic (exact) mass is 459 g/mol. The molecule has 2 aromatic rings. The van der Waals surface area contributed by atoms with E-state index >= 15 is 0 Å². The second-order valence-electron chi connectivity index (χ2n) is 7.08. The molecule has 1 amide bonds. The third-order valence-corrected chi connectivity index (χ3v) is 5.45. The van der Waals surface area contributed by atoms with Crippen LogP contribution in [0.1, 0.15) is 31.4 Å². The van der Waals surface area contributed by atoms with E-state index in [1.165, 1.54) is 0 Å². The third-order valence-electron chi connectivity index (χ3n) is 4.71. The second-order valence-corrected chi connectivity index (χ2v) is 7.96. The summed E-state index contributed by atoms with van der Waals surface area (Å²) >= 11 is 1.61. The summed E-state index contributed by atoms with van der Waals surface area (Å²) in [4.78, 5) is 24.5. The van der Waals surface area contributed by atoms with Gasteiger partial charge < -0.3 is 19.7 Å². The number of hydrogen-bond donors (Lipinski definition) is 3. The fraction of sp³-hybridized carbons (Fsp3) is 0.333. The van der Waals surface area contributed by atoms with E-state index in [9.17, 15) is 9.59 Å². The van der Waals surface area contributed by atoms with Crippen LogP contribution in [0.4, 0.5) is 10.5 Å². The highest BCUT2D eigenvalue weighted by molar-refractivity contribution is 7.98. The van der Waals surface area contributed by atoms with Gasteiger partial charge in [-0.15, -0.1) is 11.8 Å². The van der Waals surface area contributed by atoms with E-state index in [0.29, 0.717) is 29.8 Å². The lowest BCUT2D eigenvalue weighted by Gasteiger charge is -2.26. The topological polar surface area (TPSA) is 105 Å². The van der Waals surface area contributed by atoms with Gasteiger partial charge in [-0.2, -0.15) is 0 Å². The predicted molar refractivity (Wildman–Crippen MR) is 125 cm³/mol. The van der Waals surface area contributed by atoms with E-state index in [1.54, 1.807) is 42.1 Å². The minimum Gasteiger partial charge on any atom is -0.491 e. The SMILES string of the molecule is CSc1ccc(NC(=O)O[C@H](c2ccccc2OCCO)[C@@H](C)CC/C=C/C(=O)O)cc1. The molecule has 0 radical (unpaired) electrons. The Bertz CT molecular complexity index is 900. The zero-order chi connectivity index (χ0) is 23.3. The molecular weight excluding hydrogens is 430 g/mol. The molecule has 7 nitrogen and oxygen atoms in total. The van der Waals surface area contributed by atoms with Crippen LogP contribution >= 0.6 is 11.8 Å². The van der Waals surface area contributed by atoms with Gasteiger partial charge in [0.1, 0.15) is 18.5 Å². The molecule has 0 aromatic heterocycles. The van der Waals surface area contributed by atoms with E-state index in [1.807, 2.05) is 37.4 Å². The molecule has 0 saturated heterocycles. The first-order valence-corrected chi connectivity index (χ1v) is 11.5. The van der Waals surface area contributed by atoms with Gasteiger partial charge in [0.2, 0.25) is 0 Å². The van der Waals surface area contributed by atoms with Crippen molar-refractivity contribution in [3.63, 3.8) is 0 Å². The Balaban J connectivity index is 2.19. The van der Waals surface area contributed by atoms with Crippen molar-refractivity contribution in [1.82, 2.24) is 0 Å². The Hall–Kier alpha value is -2.97. The maximum Gasteiger partial charge on any atom is 0.412 e. The lowest BCUT2D eigenvalue weighted by molar-refractivity contribution is -0.131. The number of carbonyl (C=O) groups is 2. The van der Waals surface area contributed by atoms with Crippen molar-refractivity contribution >= 4 is 29.5 Å². The molecule has 0 aliphatic rings. The van der Waals surface area contributed by atoms with Gasteiger partial charge in [-0.3, -0.25) is 5.32 Å². The van der Waals surface area contributed by atoms with Crippen LogP contribution in [0.2, 0.25) is 0 Å². The highest BCUT2D eigenvalue weighted by Crippen LogP contribution is 2.35. The average Bonchev–Trinajstić information content (AvgIpc) is 2.79. The van der Waals surface area contributed by atoms with Crippen molar-refractivity contribution < 1.29 is 29.3 Å². The molecule has 0 spiro atoms. The number of rotatable bonds is 12. The van der Waals surface area contributed by atoms with Crippen LogP contribution in [-0.2, 0) is 9.53 Å². The van der Waals surface area contributed by atoms with Crippen LogP contribution in [0.3, 0.4) is 0 Å². The zero-order valence-electron chi connectivity index (χ0n) is 18.2. The highest BCUT2D eigenvalue weighted by Gasteiger charge is 2.26. The molecule has 0 aliphatic carbocycles. The van der Waals surface area contributed by atoms with Crippen molar-refractivity contribution in [2.24, 2.45) is 5.92 Å². The van der Waals surface area contributed by atoms with Crippen molar-refractivity contribution in [1.29, 1.82) is 0 Å². The molecule has 172 valence electrons. The smallest absolute Gasteiger partial charge is 0.412 e. The van der Waals surface area contributed by atoms with Gasteiger partial charge in [-0.1, -0.05) is 31.2 Å². The first kappa shape index (κ1) is 25.3. The number of hydrogen-bond acceptors (Lipinski definition) is 6. The molecule has 0 aliphatic heterocycles. The average molecular weight is 460 g/mol. The molecule has 8 heteroatoms. The van der Waals surface area contributed by atoms with Gasteiger partial charge in [0.05, 0.1) is 6.61 Å². The number of para-hydroxylation sites is 1. The molecule has 0 bridgehead atoms. The van der Waals surface area contributed by atoms with E-state index in [0.717, 1.165) is 11.0 Å². The molecule has 0 saturated carbocycles. The lowest BCUT2D eigenvalue weighted by Crippen LogP contribution is -2.22. The summed E-state index contributed by atoms with van der Waals surface area (Å²) in [5.41, 5.74) is 1.30. The number of nitrogens with one attached hydrogen (secondary N) is 1. The van der Waals surface area contributed by atoms with E-state index < -0.39 is 18.2 Å². The first-order valence-electron chi connectivity index (χ1n) is 10.3. The van der Waals surface area contributed by atoms with Crippen LogP contribution in [0.5, 0.6) is 5.75 Å². The van der Waals surface area contributed by atoms with Crippen LogP contribution in [-0.4, -0.2) is 41.7 Å². The third kappa shape index (κ3) is 8.28. The highest BCUT2D eigenvalue weighted by atomic mass is 32.2. The molecule has 32 heavy (non-hydrogen) atoms. The Morgan fingerprint density at radius 1 is 1.16 bits per heavy atom. The molecular formula is C24H29NO6S. The fourth-order valence-electron chi connectivity index (χ4n) is 3.12. The summed E-state index contributed by atoms with van der Waals surface area (Å²) in [6.07, 6.45) is 4.54. The van der Waals surface area contributed by atoms with Crippen LogP contribution in [0.15, 0.2) is 65.6 Å². The minimum atomic E-state index is -1.000. The second kappa shape index (κ2) is 13.4. The van der Waals surface area contributed by atoms with E-state index in [2.05, 4.69) is 5.32 Å². The van der Waals surface area contributed by atoms with Crippen LogP contribution in [0.25, 0.3) is 0 Å². The maximum absolute atomic E-state index is 12.7. The van der Waals surface area contributed by atoms with Gasteiger partial charge in [0.25, 0.3) is 0 Å². The van der Waals surface area contributed by atoms with Crippen LogP contribution in [0, 0.1) is 5.92 Å². The number of benzene rings is 2. The lowest BCUT2D eigenvalue weighted by atomic mass is 9.92. The summed E-state index contributed by atoms with van der Waals surface area (Å²) in [7, 11) is 0. The van der Waals surface area contributed by atoms with Gasteiger partial charge in [0, 0.05) is 22.2 Å². The van der Waals surface area contributed by atoms with Gasteiger partial charge in [-0.05, 0) is 55.3 Å². The Morgan fingerprint density at radius 2 is 1.88 bits per heavy atom. The number of aliphatic hydroxyl groups excluding tert-OH is 1. The van der Waals surface area contributed by atoms with Crippen molar-refractivity contribution in [2.75, 3.05) is 24.8 Å². The molecule has 0 fully saturated rings. The van der Waals surface area contributed by atoms with Crippen molar-refractivity contribution in [3.8, 4) is 5.75 Å². The number of amides is 1. The van der Waals surface area contributed by atoms with Crippen LogP contribution < -0.4 is 10.1 Å². The first-order chi connectivity index (χ1) is 15.4. The number of allylic oxidation sites excluding steroid dienone is 1. The summed E-state index contributed by atoms with van der Waals surface area (Å²) in [5, 5.41) is 20.6. The molecule has 3 N–H and O–H groups in total. The number of aliphatic carboxylic acids is 1. The number of anilines is 1. The normalized spacial score (nSPS) is 12.8. The van der Waals surface area contributed by atoms with Gasteiger partial charge in [0.15, 0.2) is 0 Å². The summed E-state index contributed by atoms with van der Waals surface area (Å²) in [5.74, 6) is -0.603. The number of carbonyl (C=O) groups excluding carboxylic acids is 1. The van der Waals surface area contributed by atoms with Gasteiger partial charge >= 0.3 is 12.1 Å². The Kier molecular flexibility index (Phi) is 10.6. The largest absolute Gasteiger partial charge is 0.491 e. The predicted octanol–water partition coefficient (Wildman–Crippen LogP) is 5.13. The minimum absolute atomic E-state index is 0.119. The quantitative estimate of drug-likeness (QED) is 0.299. The summed E-state index contributed by atoms with van der Waals surface area (Å²) in [6.45, 7) is 1.91. The van der Waals surface area contributed by atoms with E-state index in [-0.39, 0.29) is 19.1 Å². The number of carboxylic acids is 1.